The minimum Gasteiger partial charge on any atom is -0.389 e. The summed E-state index contributed by atoms with van der Waals surface area (Å²) in [5, 5.41) is 20.9. The van der Waals surface area contributed by atoms with Gasteiger partial charge in [-0.3, -0.25) is 0 Å². The fraction of sp³-hybridized carbons (Fsp3) is 0.357. The lowest BCUT2D eigenvalue weighted by atomic mass is 10.1. The van der Waals surface area contributed by atoms with Gasteiger partial charge in [0.2, 0.25) is 0 Å². The lowest BCUT2D eigenvalue weighted by Gasteiger charge is -2.10. The molecule has 0 amide bonds. The minimum atomic E-state index is -0.637. The van der Waals surface area contributed by atoms with E-state index in [1.54, 1.807) is 6.92 Å². The average Bonchev–Trinajstić information content (AvgIpc) is 2.79. The van der Waals surface area contributed by atoms with Crippen LogP contribution in [0.5, 0.6) is 0 Å². The highest BCUT2D eigenvalue weighted by Gasteiger charge is 2.20. The van der Waals surface area contributed by atoms with Crippen LogP contribution < -0.4 is 0 Å². The second-order valence-corrected chi connectivity index (χ2v) is 4.71. The molecule has 2 rings (SSSR count). The van der Waals surface area contributed by atoms with Crippen LogP contribution in [0.1, 0.15) is 17.8 Å². The molecule has 0 aliphatic rings. The van der Waals surface area contributed by atoms with Crippen molar-refractivity contribution in [3.05, 3.63) is 58.0 Å². The van der Waals surface area contributed by atoms with Crippen LogP contribution in [0, 0.1) is 17.0 Å². The van der Waals surface area contributed by atoms with Gasteiger partial charge in [-0.1, -0.05) is 30.3 Å². The Hall–Kier alpha value is -2.21. The summed E-state index contributed by atoms with van der Waals surface area (Å²) in [5.74, 6) is 0.455. The standard InChI is InChI=1S/C14H17N3O3/c1-11-15-9-14(17(19)20)16(11)10-13(18)8-7-12-5-3-2-4-6-12/h2-6,9,13,18H,7-8,10H2,1H3. The SMILES string of the molecule is Cc1ncc([N+](=O)[O-])n1CC(O)CCc1ccccc1. The molecule has 1 atom stereocenters. The first kappa shape index (κ1) is 14.2. The topological polar surface area (TPSA) is 81.2 Å². The summed E-state index contributed by atoms with van der Waals surface area (Å²) in [6.07, 6.45) is 1.88. The van der Waals surface area contributed by atoms with E-state index in [0.717, 1.165) is 12.0 Å². The van der Waals surface area contributed by atoms with Gasteiger partial charge in [0.05, 0.1) is 6.10 Å². The number of hydrogen-bond donors (Lipinski definition) is 1. The number of aliphatic hydroxyl groups excluding tert-OH is 1. The lowest BCUT2D eigenvalue weighted by molar-refractivity contribution is -0.392. The van der Waals surface area contributed by atoms with Crippen LogP contribution in [0.3, 0.4) is 0 Å². The first-order chi connectivity index (χ1) is 9.58. The Balaban J connectivity index is 1.96. The van der Waals surface area contributed by atoms with Crippen molar-refractivity contribution in [3.63, 3.8) is 0 Å². The first-order valence-electron chi connectivity index (χ1n) is 6.46. The molecule has 0 aliphatic carbocycles. The van der Waals surface area contributed by atoms with Gasteiger partial charge in [0.25, 0.3) is 0 Å². The third kappa shape index (κ3) is 3.42. The van der Waals surface area contributed by atoms with Crippen molar-refractivity contribution in [2.24, 2.45) is 0 Å². The van der Waals surface area contributed by atoms with Gasteiger partial charge in [0.15, 0.2) is 5.82 Å². The van der Waals surface area contributed by atoms with Crippen molar-refractivity contribution in [1.29, 1.82) is 0 Å². The summed E-state index contributed by atoms with van der Waals surface area (Å²) in [5.41, 5.74) is 1.14. The van der Waals surface area contributed by atoms with Gasteiger partial charge >= 0.3 is 5.82 Å². The second kappa shape index (κ2) is 6.29. The van der Waals surface area contributed by atoms with E-state index in [2.05, 4.69) is 4.98 Å². The average molecular weight is 275 g/mol. The van der Waals surface area contributed by atoms with E-state index in [4.69, 9.17) is 0 Å². The van der Waals surface area contributed by atoms with Crippen molar-refractivity contribution in [2.75, 3.05) is 0 Å². The number of benzene rings is 1. The quantitative estimate of drug-likeness (QED) is 0.646. The number of aryl methyl sites for hydroxylation is 2. The summed E-state index contributed by atoms with van der Waals surface area (Å²) in [7, 11) is 0. The number of nitrogens with zero attached hydrogens (tertiary/aromatic N) is 3. The molecule has 0 aliphatic heterocycles. The number of nitro groups is 1. The maximum Gasteiger partial charge on any atom is 0.342 e. The number of aliphatic hydroxyl groups is 1. The molecule has 6 heteroatoms. The summed E-state index contributed by atoms with van der Waals surface area (Å²) in [6, 6.07) is 9.84. The number of aromatic nitrogens is 2. The molecular formula is C14H17N3O3. The van der Waals surface area contributed by atoms with E-state index < -0.39 is 11.0 Å². The Kier molecular flexibility index (Phi) is 4.47. The van der Waals surface area contributed by atoms with E-state index in [-0.39, 0.29) is 12.4 Å². The highest BCUT2D eigenvalue weighted by atomic mass is 16.6. The predicted molar refractivity (Wildman–Crippen MR) is 74.4 cm³/mol. The Morgan fingerprint density at radius 2 is 2.10 bits per heavy atom. The zero-order valence-electron chi connectivity index (χ0n) is 11.3. The molecule has 1 heterocycles. The normalized spacial score (nSPS) is 12.3. The largest absolute Gasteiger partial charge is 0.389 e. The third-order valence-corrected chi connectivity index (χ3v) is 3.22. The van der Waals surface area contributed by atoms with Crippen molar-refractivity contribution < 1.29 is 10.0 Å². The summed E-state index contributed by atoms with van der Waals surface area (Å²) >= 11 is 0. The molecule has 0 spiro atoms. The minimum absolute atomic E-state index is 0.0822. The Labute approximate surface area is 116 Å². The van der Waals surface area contributed by atoms with Crippen LogP contribution in [0.4, 0.5) is 5.82 Å². The summed E-state index contributed by atoms with van der Waals surface area (Å²) in [4.78, 5) is 14.3. The van der Waals surface area contributed by atoms with Gasteiger partial charge in [0.1, 0.15) is 12.7 Å². The number of imidazole rings is 1. The van der Waals surface area contributed by atoms with Crippen LogP contribution >= 0.6 is 0 Å². The Morgan fingerprint density at radius 3 is 2.75 bits per heavy atom. The Morgan fingerprint density at radius 1 is 1.40 bits per heavy atom. The van der Waals surface area contributed by atoms with Crippen LogP contribution in [0.25, 0.3) is 0 Å². The van der Waals surface area contributed by atoms with Crippen molar-refractivity contribution >= 4 is 5.82 Å². The van der Waals surface area contributed by atoms with Crippen LogP contribution in [-0.2, 0) is 13.0 Å². The summed E-state index contributed by atoms with van der Waals surface area (Å²) in [6.45, 7) is 1.88. The van der Waals surface area contributed by atoms with E-state index >= 15 is 0 Å². The van der Waals surface area contributed by atoms with Crippen LogP contribution in [0.15, 0.2) is 36.5 Å². The van der Waals surface area contributed by atoms with Gasteiger partial charge in [-0.2, -0.15) is 0 Å². The fourth-order valence-electron chi connectivity index (χ4n) is 2.11. The predicted octanol–water partition coefficient (Wildman–Crippen LogP) is 2.09. The molecule has 1 N–H and O–H groups in total. The zero-order valence-corrected chi connectivity index (χ0v) is 11.3. The molecule has 20 heavy (non-hydrogen) atoms. The smallest absolute Gasteiger partial charge is 0.342 e. The molecule has 0 fully saturated rings. The molecule has 1 aromatic heterocycles. The summed E-state index contributed by atoms with van der Waals surface area (Å²) < 4.78 is 1.44. The van der Waals surface area contributed by atoms with Gasteiger partial charge < -0.3 is 15.2 Å². The van der Waals surface area contributed by atoms with Crippen LogP contribution in [0.2, 0.25) is 0 Å². The molecule has 1 aromatic carbocycles. The number of hydrogen-bond acceptors (Lipinski definition) is 4. The molecule has 0 saturated carbocycles. The number of rotatable bonds is 6. The second-order valence-electron chi connectivity index (χ2n) is 4.71. The van der Waals surface area contributed by atoms with E-state index in [1.165, 1.54) is 10.8 Å². The molecule has 106 valence electrons. The molecule has 2 aromatic rings. The maximum atomic E-state index is 10.9. The lowest BCUT2D eigenvalue weighted by Crippen LogP contribution is -2.19. The first-order valence-corrected chi connectivity index (χ1v) is 6.46. The van der Waals surface area contributed by atoms with Gasteiger partial charge in [-0.15, -0.1) is 0 Å². The van der Waals surface area contributed by atoms with Gasteiger partial charge in [-0.05, 0) is 23.3 Å². The molecular weight excluding hydrogens is 258 g/mol. The molecule has 0 saturated heterocycles. The van der Waals surface area contributed by atoms with E-state index in [0.29, 0.717) is 12.2 Å². The highest BCUT2D eigenvalue weighted by molar-refractivity contribution is 5.19. The van der Waals surface area contributed by atoms with Crippen molar-refractivity contribution in [2.45, 2.75) is 32.4 Å². The molecule has 0 bridgehead atoms. The van der Waals surface area contributed by atoms with Gasteiger partial charge in [-0.25, -0.2) is 9.55 Å². The van der Waals surface area contributed by atoms with Crippen LogP contribution in [-0.4, -0.2) is 25.7 Å². The van der Waals surface area contributed by atoms with E-state index in [1.807, 2.05) is 30.3 Å². The maximum absolute atomic E-state index is 10.9. The zero-order chi connectivity index (χ0) is 14.5. The van der Waals surface area contributed by atoms with E-state index in [9.17, 15) is 15.2 Å². The van der Waals surface area contributed by atoms with Gasteiger partial charge in [0, 0.05) is 6.92 Å². The highest BCUT2D eigenvalue weighted by Crippen LogP contribution is 2.15. The fourth-order valence-corrected chi connectivity index (χ4v) is 2.11. The van der Waals surface area contributed by atoms with Crippen molar-refractivity contribution in [3.8, 4) is 0 Å². The third-order valence-electron chi connectivity index (χ3n) is 3.22. The monoisotopic (exact) mass is 275 g/mol. The van der Waals surface area contributed by atoms with Crippen molar-refractivity contribution in [1.82, 2.24) is 9.55 Å². The molecule has 1 unspecified atom stereocenters. The molecule has 6 nitrogen and oxygen atoms in total. The molecule has 0 radical (unpaired) electrons. The Bertz CT molecular complexity index is 581.